The zero-order valence-corrected chi connectivity index (χ0v) is 7.75. The molecule has 1 aliphatic rings. The second-order valence-electron chi connectivity index (χ2n) is 3.67. The van der Waals surface area contributed by atoms with Crippen molar-refractivity contribution in [1.29, 1.82) is 5.26 Å². The summed E-state index contributed by atoms with van der Waals surface area (Å²) in [6.45, 7) is 0. The van der Waals surface area contributed by atoms with Crippen LogP contribution in [0.1, 0.15) is 25.7 Å². The van der Waals surface area contributed by atoms with Crippen molar-refractivity contribution in [2.75, 3.05) is 7.11 Å². The molecular weight excluding hydrogens is 168 g/mol. The number of methoxy groups -OCH3 is 1. The first-order valence-electron chi connectivity index (χ1n) is 4.34. The molecule has 0 heterocycles. The Morgan fingerprint density at radius 3 is 2.77 bits per heavy atom. The second kappa shape index (κ2) is 3.75. The van der Waals surface area contributed by atoms with Gasteiger partial charge in [-0.1, -0.05) is 0 Å². The quantitative estimate of drug-likeness (QED) is 0.645. The van der Waals surface area contributed by atoms with Crippen molar-refractivity contribution < 1.29 is 9.53 Å². The molecule has 0 bridgehead atoms. The monoisotopic (exact) mass is 182 g/mol. The van der Waals surface area contributed by atoms with Gasteiger partial charge in [0.05, 0.1) is 13.2 Å². The van der Waals surface area contributed by atoms with E-state index < -0.39 is 6.04 Å². The van der Waals surface area contributed by atoms with Gasteiger partial charge in [0.2, 0.25) is 0 Å². The average molecular weight is 182 g/mol. The van der Waals surface area contributed by atoms with E-state index in [0.717, 1.165) is 12.8 Å². The van der Waals surface area contributed by atoms with Crippen LogP contribution in [0.5, 0.6) is 0 Å². The van der Waals surface area contributed by atoms with Gasteiger partial charge in [0.25, 0.3) is 0 Å². The molecule has 1 atom stereocenters. The van der Waals surface area contributed by atoms with Gasteiger partial charge >= 0.3 is 5.97 Å². The molecule has 1 rings (SSSR count). The van der Waals surface area contributed by atoms with E-state index in [9.17, 15) is 4.79 Å². The number of ether oxygens (including phenoxy) is 1. The van der Waals surface area contributed by atoms with E-state index in [1.165, 1.54) is 7.11 Å². The van der Waals surface area contributed by atoms with Crippen LogP contribution < -0.4 is 5.73 Å². The van der Waals surface area contributed by atoms with Crippen molar-refractivity contribution >= 4 is 5.97 Å². The van der Waals surface area contributed by atoms with Gasteiger partial charge < -0.3 is 10.5 Å². The van der Waals surface area contributed by atoms with E-state index in [1.807, 2.05) is 0 Å². The highest BCUT2D eigenvalue weighted by atomic mass is 16.5. The van der Waals surface area contributed by atoms with Gasteiger partial charge in [0.15, 0.2) is 0 Å². The van der Waals surface area contributed by atoms with E-state index in [2.05, 4.69) is 10.8 Å². The fourth-order valence-electron chi connectivity index (χ4n) is 1.50. The molecule has 1 fully saturated rings. The van der Waals surface area contributed by atoms with E-state index in [0.29, 0.717) is 12.8 Å². The lowest BCUT2D eigenvalue weighted by molar-refractivity contribution is -0.142. The van der Waals surface area contributed by atoms with Crippen molar-refractivity contribution in [2.45, 2.75) is 31.7 Å². The fourth-order valence-corrected chi connectivity index (χ4v) is 1.50. The lowest BCUT2D eigenvalue weighted by atomic mass is 9.94. The maximum Gasteiger partial charge on any atom is 0.322 e. The third-order valence-electron chi connectivity index (χ3n) is 2.57. The van der Waals surface area contributed by atoms with Gasteiger partial charge in [-0.15, -0.1) is 0 Å². The van der Waals surface area contributed by atoms with Crippen LogP contribution in [0.4, 0.5) is 0 Å². The fraction of sp³-hybridized carbons (Fsp3) is 0.778. The number of rotatable bonds is 4. The van der Waals surface area contributed by atoms with Crippen LogP contribution in [0.3, 0.4) is 0 Å². The van der Waals surface area contributed by atoms with Crippen LogP contribution >= 0.6 is 0 Å². The SMILES string of the molecule is COC(=O)C(N)CC1(CC#N)CC1. The van der Waals surface area contributed by atoms with Crippen LogP contribution in [-0.4, -0.2) is 19.1 Å². The predicted molar refractivity (Wildman–Crippen MR) is 46.5 cm³/mol. The number of carbonyl (C=O) groups excluding carboxylic acids is 1. The number of nitriles is 1. The largest absolute Gasteiger partial charge is 0.468 e. The van der Waals surface area contributed by atoms with Crippen LogP contribution in [0, 0.1) is 16.7 Å². The lowest BCUT2D eigenvalue weighted by Gasteiger charge is -2.15. The molecule has 0 aromatic rings. The summed E-state index contributed by atoms with van der Waals surface area (Å²) in [7, 11) is 1.33. The Morgan fingerprint density at radius 1 is 1.77 bits per heavy atom. The minimum atomic E-state index is -0.569. The highest BCUT2D eigenvalue weighted by Crippen LogP contribution is 2.52. The molecule has 1 unspecified atom stereocenters. The second-order valence-corrected chi connectivity index (χ2v) is 3.67. The zero-order chi connectivity index (χ0) is 9.90. The summed E-state index contributed by atoms with van der Waals surface area (Å²) in [5.74, 6) is -0.385. The maximum atomic E-state index is 11.0. The Hall–Kier alpha value is -1.08. The highest BCUT2D eigenvalue weighted by molar-refractivity contribution is 5.75. The van der Waals surface area contributed by atoms with Crippen molar-refractivity contribution in [3.05, 3.63) is 0 Å². The Labute approximate surface area is 77.7 Å². The lowest BCUT2D eigenvalue weighted by Crippen LogP contribution is -2.34. The molecule has 1 saturated carbocycles. The molecule has 2 N–H and O–H groups in total. The number of nitrogens with zero attached hydrogens (tertiary/aromatic N) is 1. The number of nitrogens with two attached hydrogens (primary N) is 1. The molecule has 0 aromatic heterocycles. The summed E-state index contributed by atoms with van der Waals surface area (Å²) in [5, 5.41) is 8.54. The number of hydrogen-bond donors (Lipinski definition) is 1. The number of esters is 1. The first-order chi connectivity index (χ1) is 6.13. The van der Waals surface area contributed by atoms with Gasteiger partial charge in [-0.3, -0.25) is 4.79 Å². The van der Waals surface area contributed by atoms with Crippen molar-refractivity contribution in [3.63, 3.8) is 0 Å². The smallest absolute Gasteiger partial charge is 0.322 e. The molecule has 0 spiro atoms. The molecule has 72 valence electrons. The number of hydrogen-bond acceptors (Lipinski definition) is 4. The molecular formula is C9H14N2O2. The molecule has 0 aromatic carbocycles. The summed E-state index contributed by atoms with van der Waals surface area (Å²) in [4.78, 5) is 11.0. The Morgan fingerprint density at radius 2 is 2.38 bits per heavy atom. The van der Waals surface area contributed by atoms with Crippen LogP contribution in [0.25, 0.3) is 0 Å². The third-order valence-corrected chi connectivity index (χ3v) is 2.57. The molecule has 0 amide bonds. The van der Waals surface area contributed by atoms with Crippen LogP contribution in [0.2, 0.25) is 0 Å². The van der Waals surface area contributed by atoms with Gasteiger partial charge in [-0.05, 0) is 24.7 Å². The summed E-state index contributed by atoms with van der Waals surface area (Å²) in [6, 6.07) is 1.56. The van der Waals surface area contributed by atoms with Gasteiger partial charge in [-0.25, -0.2) is 0 Å². The minimum Gasteiger partial charge on any atom is -0.468 e. The summed E-state index contributed by atoms with van der Waals surface area (Å²) >= 11 is 0. The zero-order valence-electron chi connectivity index (χ0n) is 7.75. The summed E-state index contributed by atoms with van der Waals surface area (Å²) in [5.41, 5.74) is 5.62. The highest BCUT2D eigenvalue weighted by Gasteiger charge is 2.44. The minimum absolute atomic E-state index is 0.0162. The van der Waals surface area contributed by atoms with Crippen molar-refractivity contribution in [1.82, 2.24) is 0 Å². The normalized spacial score (nSPS) is 20.1. The van der Waals surface area contributed by atoms with Crippen molar-refractivity contribution in [3.8, 4) is 6.07 Å². The third kappa shape index (κ3) is 2.43. The Kier molecular flexibility index (Phi) is 2.89. The van der Waals surface area contributed by atoms with E-state index in [4.69, 9.17) is 11.0 Å². The first-order valence-corrected chi connectivity index (χ1v) is 4.34. The molecule has 4 heteroatoms. The summed E-state index contributed by atoms with van der Waals surface area (Å²) < 4.78 is 4.52. The first kappa shape index (κ1) is 10.0. The average Bonchev–Trinajstić information content (AvgIpc) is 2.84. The molecule has 0 saturated heterocycles. The molecule has 0 aliphatic heterocycles. The Balaban J connectivity index is 2.40. The predicted octanol–water partition coefficient (Wildman–Crippen LogP) is 0.571. The summed E-state index contributed by atoms with van der Waals surface area (Å²) in [6.07, 6.45) is 3.08. The Bertz CT molecular complexity index is 240. The van der Waals surface area contributed by atoms with Gasteiger partial charge in [0.1, 0.15) is 6.04 Å². The van der Waals surface area contributed by atoms with Crippen LogP contribution in [0.15, 0.2) is 0 Å². The standard InChI is InChI=1S/C9H14N2O2/c1-13-8(12)7(11)6-9(2-3-9)4-5-10/h7H,2-4,6,11H2,1H3. The number of carbonyl (C=O) groups is 1. The molecule has 0 radical (unpaired) electrons. The van der Waals surface area contributed by atoms with Crippen LogP contribution in [-0.2, 0) is 9.53 Å². The molecule has 1 aliphatic carbocycles. The maximum absolute atomic E-state index is 11.0. The van der Waals surface area contributed by atoms with Gasteiger partial charge in [-0.2, -0.15) is 5.26 Å². The van der Waals surface area contributed by atoms with E-state index >= 15 is 0 Å². The molecule has 4 nitrogen and oxygen atoms in total. The topological polar surface area (TPSA) is 76.1 Å². The van der Waals surface area contributed by atoms with E-state index in [1.54, 1.807) is 0 Å². The van der Waals surface area contributed by atoms with E-state index in [-0.39, 0.29) is 11.4 Å². The van der Waals surface area contributed by atoms with Crippen molar-refractivity contribution in [2.24, 2.45) is 11.1 Å². The molecule has 13 heavy (non-hydrogen) atoms. The van der Waals surface area contributed by atoms with Gasteiger partial charge in [0, 0.05) is 6.42 Å².